The van der Waals surface area contributed by atoms with Crippen LogP contribution in [0.15, 0.2) is 72.8 Å². The summed E-state index contributed by atoms with van der Waals surface area (Å²) in [6.45, 7) is 0. The average molecular weight is 500 g/mol. The average Bonchev–Trinajstić information content (AvgIpc) is 2.75. The topological polar surface area (TPSA) is 81.4 Å². The van der Waals surface area contributed by atoms with E-state index < -0.39 is 12.0 Å². The van der Waals surface area contributed by atoms with E-state index in [0.29, 0.717) is 11.3 Å². The van der Waals surface area contributed by atoms with Crippen LogP contribution >= 0.6 is 22.6 Å². The van der Waals surface area contributed by atoms with Gasteiger partial charge in [-0.3, -0.25) is 9.59 Å². The molecule has 0 aliphatic heterocycles. The van der Waals surface area contributed by atoms with Crippen molar-refractivity contribution in [1.29, 1.82) is 0 Å². The monoisotopic (exact) mass is 500 g/mol. The molecule has 1 atom stereocenters. The summed E-state index contributed by atoms with van der Waals surface area (Å²) in [5.74, 6) is -0.736. The van der Waals surface area contributed by atoms with Gasteiger partial charge in [0, 0.05) is 9.26 Å². The predicted molar refractivity (Wildman–Crippen MR) is 122 cm³/mol. The van der Waals surface area contributed by atoms with Gasteiger partial charge in [-0.2, -0.15) is 0 Å². The van der Waals surface area contributed by atoms with E-state index in [-0.39, 0.29) is 12.3 Å². The predicted octanol–water partition coefficient (Wildman–Crippen LogP) is 4.57. The van der Waals surface area contributed by atoms with Gasteiger partial charge in [0.05, 0.1) is 25.1 Å². The van der Waals surface area contributed by atoms with E-state index in [1.165, 1.54) is 7.11 Å². The summed E-state index contributed by atoms with van der Waals surface area (Å²) in [5, 5.41) is 2.92. The Morgan fingerprint density at radius 1 is 1.00 bits per heavy atom. The Kier molecular flexibility index (Phi) is 6.87. The fourth-order valence-corrected chi connectivity index (χ4v) is 3.49. The Labute approximate surface area is 183 Å². The first kappa shape index (κ1) is 20.9. The van der Waals surface area contributed by atoms with E-state index in [2.05, 4.69) is 27.9 Å². The number of hydrogen-bond acceptors (Lipinski definition) is 4. The minimum Gasteiger partial charge on any atom is -0.469 e. The Bertz CT molecular complexity index is 1000. The molecular formula is C23H21IN2O3. The first-order valence-electron chi connectivity index (χ1n) is 9.06. The molecule has 3 rings (SSSR count). The Balaban J connectivity index is 1.86. The molecule has 0 bridgehead atoms. The first-order chi connectivity index (χ1) is 14.0. The Morgan fingerprint density at radius 2 is 1.66 bits per heavy atom. The SMILES string of the molecule is COC(=O)CC(NC(=O)c1cc(I)ccc1N)c1ccc(-c2ccccc2)cc1. The summed E-state index contributed by atoms with van der Waals surface area (Å²) >= 11 is 2.13. The maximum Gasteiger partial charge on any atom is 0.307 e. The number of nitrogen functional groups attached to an aromatic ring is 1. The quantitative estimate of drug-likeness (QED) is 0.295. The number of esters is 1. The third-order valence-corrected chi connectivity index (χ3v) is 5.25. The molecule has 6 heteroatoms. The lowest BCUT2D eigenvalue weighted by molar-refractivity contribution is -0.141. The number of amides is 1. The third-order valence-electron chi connectivity index (χ3n) is 4.58. The van der Waals surface area contributed by atoms with Gasteiger partial charge in [0.15, 0.2) is 0 Å². The molecule has 5 nitrogen and oxygen atoms in total. The summed E-state index contributed by atoms with van der Waals surface area (Å²) in [7, 11) is 1.33. The van der Waals surface area contributed by atoms with Crippen LogP contribution in [0.5, 0.6) is 0 Å². The van der Waals surface area contributed by atoms with Crippen LogP contribution in [0.25, 0.3) is 11.1 Å². The van der Waals surface area contributed by atoms with Crippen LogP contribution in [-0.4, -0.2) is 19.0 Å². The summed E-state index contributed by atoms with van der Waals surface area (Å²) < 4.78 is 5.71. The zero-order valence-electron chi connectivity index (χ0n) is 15.9. The van der Waals surface area contributed by atoms with Crippen LogP contribution in [-0.2, 0) is 9.53 Å². The zero-order valence-corrected chi connectivity index (χ0v) is 18.1. The lowest BCUT2D eigenvalue weighted by Crippen LogP contribution is -2.31. The molecule has 3 aromatic rings. The molecule has 1 amide bonds. The van der Waals surface area contributed by atoms with Gasteiger partial charge in [0.25, 0.3) is 5.91 Å². The summed E-state index contributed by atoms with van der Waals surface area (Å²) in [6, 6.07) is 22.5. The van der Waals surface area contributed by atoms with Gasteiger partial charge in [-0.25, -0.2) is 0 Å². The van der Waals surface area contributed by atoms with Crippen LogP contribution in [0.4, 0.5) is 5.69 Å². The number of methoxy groups -OCH3 is 1. The van der Waals surface area contributed by atoms with Crippen molar-refractivity contribution in [1.82, 2.24) is 5.32 Å². The van der Waals surface area contributed by atoms with E-state index in [1.54, 1.807) is 12.1 Å². The van der Waals surface area contributed by atoms with Crippen molar-refractivity contribution in [3.63, 3.8) is 0 Å². The molecule has 0 radical (unpaired) electrons. The number of ether oxygens (including phenoxy) is 1. The van der Waals surface area contributed by atoms with Crippen molar-refractivity contribution in [3.8, 4) is 11.1 Å². The molecule has 3 N–H and O–H groups in total. The number of nitrogens with one attached hydrogen (secondary N) is 1. The number of benzene rings is 3. The maximum atomic E-state index is 12.8. The molecule has 148 valence electrons. The van der Waals surface area contributed by atoms with Crippen molar-refractivity contribution in [2.24, 2.45) is 0 Å². The minimum absolute atomic E-state index is 0.0246. The molecule has 0 aromatic heterocycles. The van der Waals surface area contributed by atoms with Crippen molar-refractivity contribution in [3.05, 3.63) is 87.5 Å². The highest BCUT2D eigenvalue weighted by atomic mass is 127. The Hall–Kier alpha value is -2.87. The number of carbonyl (C=O) groups is 2. The number of halogens is 1. The third kappa shape index (κ3) is 5.35. The van der Waals surface area contributed by atoms with Crippen molar-refractivity contribution in [2.45, 2.75) is 12.5 Å². The highest BCUT2D eigenvalue weighted by molar-refractivity contribution is 14.1. The fourth-order valence-electron chi connectivity index (χ4n) is 3.00. The first-order valence-corrected chi connectivity index (χ1v) is 10.1. The molecule has 0 aliphatic rings. The fraction of sp³-hybridized carbons (Fsp3) is 0.130. The maximum absolute atomic E-state index is 12.8. The molecule has 0 fully saturated rings. The lowest BCUT2D eigenvalue weighted by Gasteiger charge is -2.19. The molecule has 0 saturated heterocycles. The normalized spacial score (nSPS) is 11.5. The van der Waals surface area contributed by atoms with E-state index in [1.807, 2.05) is 60.7 Å². The number of hydrogen-bond donors (Lipinski definition) is 2. The van der Waals surface area contributed by atoms with Crippen LogP contribution < -0.4 is 11.1 Å². The van der Waals surface area contributed by atoms with E-state index in [0.717, 1.165) is 20.3 Å². The second-order valence-corrected chi connectivity index (χ2v) is 7.77. The second kappa shape index (κ2) is 9.56. The second-order valence-electron chi connectivity index (χ2n) is 6.53. The van der Waals surface area contributed by atoms with Gasteiger partial charge >= 0.3 is 5.97 Å². The smallest absolute Gasteiger partial charge is 0.307 e. The summed E-state index contributed by atoms with van der Waals surface area (Å²) in [6.07, 6.45) is 0.0246. The van der Waals surface area contributed by atoms with E-state index >= 15 is 0 Å². The molecule has 0 spiro atoms. The van der Waals surface area contributed by atoms with Crippen LogP contribution in [0.1, 0.15) is 28.4 Å². The van der Waals surface area contributed by atoms with Crippen molar-refractivity contribution in [2.75, 3.05) is 12.8 Å². The lowest BCUT2D eigenvalue weighted by atomic mass is 9.98. The van der Waals surface area contributed by atoms with Gasteiger partial charge in [-0.1, -0.05) is 54.6 Å². The highest BCUT2D eigenvalue weighted by Crippen LogP contribution is 2.25. The van der Waals surface area contributed by atoms with Crippen LogP contribution in [0, 0.1) is 3.57 Å². The highest BCUT2D eigenvalue weighted by Gasteiger charge is 2.21. The van der Waals surface area contributed by atoms with Gasteiger partial charge in [0.2, 0.25) is 0 Å². The largest absolute Gasteiger partial charge is 0.469 e. The van der Waals surface area contributed by atoms with E-state index in [4.69, 9.17) is 10.5 Å². The van der Waals surface area contributed by atoms with E-state index in [9.17, 15) is 9.59 Å². The number of nitrogens with two attached hydrogens (primary N) is 1. The Morgan fingerprint density at radius 3 is 2.31 bits per heavy atom. The molecule has 0 aliphatic carbocycles. The zero-order chi connectivity index (χ0) is 20.8. The summed E-state index contributed by atoms with van der Waals surface area (Å²) in [4.78, 5) is 24.7. The van der Waals surface area contributed by atoms with Gasteiger partial charge in [-0.15, -0.1) is 0 Å². The van der Waals surface area contributed by atoms with Crippen molar-refractivity contribution >= 4 is 40.2 Å². The molecule has 3 aromatic carbocycles. The molecule has 29 heavy (non-hydrogen) atoms. The van der Waals surface area contributed by atoms with Crippen molar-refractivity contribution < 1.29 is 14.3 Å². The number of anilines is 1. The van der Waals surface area contributed by atoms with Crippen LogP contribution in [0.3, 0.4) is 0 Å². The molecular weight excluding hydrogens is 479 g/mol. The molecule has 0 heterocycles. The van der Waals surface area contributed by atoms with Crippen LogP contribution in [0.2, 0.25) is 0 Å². The standard InChI is InChI=1S/C23H21IN2O3/c1-29-22(27)14-21(26-23(28)19-13-18(24)11-12-20(19)25)17-9-7-16(8-10-17)15-5-3-2-4-6-15/h2-13,21H,14,25H2,1H3,(H,26,28). The molecule has 1 unspecified atom stereocenters. The summed E-state index contributed by atoms with van der Waals surface area (Å²) in [5.41, 5.74) is 9.69. The van der Waals surface area contributed by atoms with Gasteiger partial charge in [0.1, 0.15) is 0 Å². The molecule has 0 saturated carbocycles. The minimum atomic E-state index is -0.531. The van der Waals surface area contributed by atoms with Gasteiger partial charge in [-0.05, 0) is 57.5 Å². The number of carbonyl (C=O) groups excluding carboxylic acids is 2. The number of rotatable bonds is 6. The van der Waals surface area contributed by atoms with Gasteiger partial charge < -0.3 is 15.8 Å².